The SMILES string of the molecule is CCCCCCCCCCCCCCCCCCC(O)C(CO)NC(=O)CCCCCC/C=C\CCCCOC(=O)CCCCCCCCCCCCCCC. The molecular formula is C50H97NO5. The Kier molecular flexibility index (Phi) is 45.1. The number of carbonyl (C=O) groups is 2. The van der Waals surface area contributed by atoms with Crippen LogP contribution < -0.4 is 5.32 Å². The normalized spacial score (nSPS) is 12.7. The van der Waals surface area contributed by atoms with Crippen LogP contribution >= 0.6 is 0 Å². The van der Waals surface area contributed by atoms with Gasteiger partial charge in [-0.1, -0.05) is 219 Å². The van der Waals surface area contributed by atoms with Gasteiger partial charge in [0.1, 0.15) is 0 Å². The lowest BCUT2D eigenvalue weighted by Crippen LogP contribution is -2.45. The molecule has 6 nitrogen and oxygen atoms in total. The third-order valence-electron chi connectivity index (χ3n) is 11.6. The molecule has 1 amide bonds. The summed E-state index contributed by atoms with van der Waals surface area (Å²) in [6.45, 7) is 4.87. The van der Waals surface area contributed by atoms with E-state index in [2.05, 4.69) is 31.3 Å². The van der Waals surface area contributed by atoms with Crippen LogP contribution in [-0.2, 0) is 14.3 Å². The molecule has 2 unspecified atom stereocenters. The molecule has 0 aliphatic rings. The highest BCUT2D eigenvalue weighted by Crippen LogP contribution is 2.16. The molecule has 6 heteroatoms. The predicted octanol–water partition coefficient (Wildman–Crippen LogP) is 14.6. The lowest BCUT2D eigenvalue weighted by Gasteiger charge is -2.22. The first-order valence-corrected chi connectivity index (χ1v) is 24.9. The lowest BCUT2D eigenvalue weighted by molar-refractivity contribution is -0.143. The van der Waals surface area contributed by atoms with Crippen LogP contribution in [0.1, 0.15) is 271 Å². The summed E-state index contributed by atoms with van der Waals surface area (Å²) in [6, 6.07) is -0.565. The van der Waals surface area contributed by atoms with Gasteiger partial charge in [0.05, 0.1) is 25.4 Å². The molecule has 0 aromatic carbocycles. The molecule has 0 radical (unpaired) electrons. The summed E-state index contributed by atoms with van der Waals surface area (Å²) >= 11 is 0. The Bertz CT molecular complexity index is 832. The Balaban J connectivity index is 3.53. The van der Waals surface area contributed by atoms with Gasteiger partial charge in [0.25, 0.3) is 0 Å². The first-order valence-electron chi connectivity index (χ1n) is 24.9. The fourth-order valence-electron chi connectivity index (χ4n) is 7.69. The zero-order valence-electron chi connectivity index (χ0n) is 37.6. The topological polar surface area (TPSA) is 95.9 Å². The van der Waals surface area contributed by atoms with Crippen molar-refractivity contribution in [3.63, 3.8) is 0 Å². The number of amides is 1. The third kappa shape index (κ3) is 42.2. The van der Waals surface area contributed by atoms with Gasteiger partial charge in [0.15, 0.2) is 0 Å². The van der Waals surface area contributed by atoms with Gasteiger partial charge in [-0.25, -0.2) is 0 Å². The molecule has 3 N–H and O–H groups in total. The maximum absolute atomic E-state index is 12.4. The number of aliphatic hydroxyl groups excluding tert-OH is 2. The summed E-state index contributed by atoms with van der Waals surface area (Å²) in [5.74, 6) is -0.104. The van der Waals surface area contributed by atoms with Gasteiger partial charge in [-0.05, 0) is 51.4 Å². The van der Waals surface area contributed by atoms with Crippen molar-refractivity contribution in [3.8, 4) is 0 Å². The number of carbonyl (C=O) groups excluding carboxylic acids is 2. The molecule has 332 valence electrons. The number of hydrogen-bond donors (Lipinski definition) is 3. The molecule has 0 aromatic rings. The van der Waals surface area contributed by atoms with Crippen molar-refractivity contribution in [2.45, 2.75) is 283 Å². The Labute approximate surface area is 349 Å². The van der Waals surface area contributed by atoms with Crippen molar-refractivity contribution in [1.29, 1.82) is 0 Å². The second-order valence-corrected chi connectivity index (χ2v) is 17.1. The molecule has 0 heterocycles. The minimum absolute atomic E-state index is 0.0346. The molecule has 0 aliphatic carbocycles. The molecule has 0 rings (SSSR count). The van der Waals surface area contributed by atoms with E-state index in [1.165, 1.54) is 161 Å². The van der Waals surface area contributed by atoms with Crippen LogP contribution in [0.3, 0.4) is 0 Å². The van der Waals surface area contributed by atoms with E-state index in [1.54, 1.807) is 0 Å². The molecule has 0 saturated heterocycles. The molecule has 0 aliphatic heterocycles. The van der Waals surface area contributed by atoms with Crippen molar-refractivity contribution in [3.05, 3.63) is 12.2 Å². The van der Waals surface area contributed by atoms with Crippen LogP contribution in [0.4, 0.5) is 0 Å². The fourth-order valence-corrected chi connectivity index (χ4v) is 7.69. The zero-order valence-corrected chi connectivity index (χ0v) is 37.6. The molecule has 0 aromatic heterocycles. The molecule has 0 bridgehead atoms. The van der Waals surface area contributed by atoms with Crippen LogP contribution in [0.5, 0.6) is 0 Å². The molecule has 56 heavy (non-hydrogen) atoms. The minimum atomic E-state index is -0.684. The van der Waals surface area contributed by atoms with Crippen molar-refractivity contribution in [2.75, 3.05) is 13.2 Å². The number of hydrogen-bond acceptors (Lipinski definition) is 5. The van der Waals surface area contributed by atoms with Gasteiger partial charge in [-0.2, -0.15) is 0 Å². The number of ether oxygens (including phenoxy) is 1. The minimum Gasteiger partial charge on any atom is -0.466 e. The van der Waals surface area contributed by atoms with Gasteiger partial charge in [0, 0.05) is 12.8 Å². The van der Waals surface area contributed by atoms with Crippen LogP contribution in [0.25, 0.3) is 0 Å². The van der Waals surface area contributed by atoms with Crippen LogP contribution in [0, 0.1) is 0 Å². The number of rotatable bonds is 46. The Morgan fingerprint density at radius 1 is 0.482 bits per heavy atom. The number of unbranched alkanes of at least 4 members (excludes halogenated alkanes) is 33. The van der Waals surface area contributed by atoms with Crippen molar-refractivity contribution in [2.24, 2.45) is 0 Å². The molecular weight excluding hydrogens is 695 g/mol. The van der Waals surface area contributed by atoms with Crippen LogP contribution in [0.2, 0.25) is 0 Å². The number of allylic oxidation sites excluding steroid dienone is 2. The maximum Gasteiger partial charge on any atom is 0.305 e. The summed E-state index contributed by atoms with van der Waals surface area (Å²) in [6.07, 6.45) is 51.8. The molecule has 0 spiro atoms. The predicted molar refractivity (Wildman–Crippen MR) is 241 cm³/mol. The fraction of sp³-hybridized carbons (Fsp3) is 0.920. The second kappa shape index (κ2) is 46.3. The summed E-state index contributed by atoms with van der Waals surface area (Å²) in [5.41, 5.74) is 0. The van der Waals surface area contributed by atoms with Gasteiger partial charge in [0.2, 0.25) is 5.91 Å². The summed E-state index contributed by atoms with van der Waals surface area (Å²) < 4.78 is 5.42. The standard InChI is InChI=1S/C50H97NO5/c1-3-5-7-9-11-13-15-17-18-19-21-22-26-30-34-38-42-48(53)47(46-52)51-49(54)43-39-35-31-27-24-25-29-33-37-41-45-56-50(55)44-40-36-32-28-23-20-16-14-12-10-8-6-4-2/h25,29,47-48,52-53H,3-24,26-28,30-46H2,1-2H3,(H,51,54)/b29-25-. The van der Waals surface area contributed by atoms with Gasteiger partial charge >= 0.3 is 5.97 Å². The van der Waals surface area contributed by atoms with E-state index in [-0.39, 0.29) is 18.5 Å². The smallest absolute Gasteiger partial charge is 0.305 e. The second-order valence-electron chi connectivity index (χ2n) is 17.1. The highest BCUT2D eigenvalue weighted by atomic mass is 16.5. The van der Waals surface area contributed by atoms with Gasteiger partial charge < -0.3 is 20.3 Å². The van der Waals surface area contributed by atoms with Crippen molar-refractivity contribution < 1.29 is 24.5 Å². The molecule has 2 atom stereocenters. The van der Waals surface area contributed by atoms with E-state index >= 15 is 0 Å². The van der Waals surface area contributed by atoms with Crippen LogP contribution in [0.15, 0.2) is 12.2 Å². The largest absolute Gasteiger partial charge is 0.466 e. The van der Waals surface area contributed by atoms with E-state index in [0.717, 1.165) is 77.0 Å². The third-order valence-corrected chi connectivity index (χ3v) is 11.6. The Hall–Kier alpha value is -1.40. The van der Waals surface area contributed by atoms with Crippen molar-refractivity contribution in [1.82, 2.24) is 5.32 Å². The van der Waals surface area contributed by atoms with Gasteiger partial charge in [-0.3, -0.25) is 9.59 Å². The average molecular weight is 792 g/mol. The van der Waals surface area contributed by atoms with Gasteiger partial charge in [-0.15, -0.1) is 0 Å². The number of nitrogens with one attached hydrogen (secondary N) is 1. The summed E-state index contributed by atoms with van der Waals surface area (Å²) in [5, 5.41) is 23.2. The summed E-state index contributed by atoms with van der Waals surface area (Å²) in [4.78, 5) is 24.4. The highest BCUT2D eigenvalue weighted by Gasteiger charge is 2.20. The first-order chi connectivity index (χ1) is 27.5. The summed E-state index contributed by atoms with van der Waals surface area (Å²) in [7, 11) is 0. The van der Waals surface area contributed by atoms with Crippen LogP contribution in [-0.4, -0.2) is 47.4 Å². The first kappa shape index (κ1) is 54.6. The van der Waals surface area contributed by atoms with E-state index in [9.17, 15) is 19.8 Å². The Morgan fingerprint density at radius 2 is 0.839 bits per heavy atom. The lowest BCUT2D eigenvalue weighted by atomic mass is 10.0. The monoisotopic (exact) mass is 792 g/mol. The number of aliphatic hydroxyl groups is 2. The van der Waals surface area contributed by atoms with E-state index < -0.39 is 12.1 Å². The molecule has 0 saturated carbocycles. The quantitative estimate of drug-likeness (QED) is 0.0324. The van der Waals surface area contributed by atoms with E-state index in [1.807, 2.05) is 0 Å². The van der Waals surface area contributed by atoms with E-state index in [4.69, 9.17) is 4.74 Å². The van der Waals surface area contributed by atoms with E-state index in [0.29, 0.717) is 25.9 Å². The molecule has 0 fully saturated rings. The van der Waals surface area contributed by atoms with Crippen molar-refractivity contribution >= 4 is 11.9 Å². The maximum atomic E-state index is 12.4. The Morgan fingerprint density at radius 3 is 1.27 bits per heavy atom. The average Bonchev–Trinajstić information content (AvgIpc) is 3.20. The highest BCUT2D eigenvalue weighted by molar-refractivity contribution is 5.76. The zero-order chi connectivity index (χ0) is 40.8. The number of esters is 1.